The number of carbonyl (C=O) groups is 1. The molecule has 0 bridgehead atoms. The molecule has 192 valence electrons. The molecule has 0 saturated heterocycles. The van der Waals surface area contributed by atoms with Gasteiger partial charge in [-0.3, -0.25) is 14.2 Å². The lowest BCUT2D eigenvalue weighted by atomic mass is 9.86. The van der Waals surface area contributed by atoms with E-state index in [1.54, 1.807) is 23.9 Å². The molecule has 0 aromatic carbocycles. The average Bonchev–Trinajstić information content (AvgIpc) is 3.34. The quantitative estimate of drug-likeness (QED) is 0.347. The number of carbonyl (C=O) groups excluding carboxylic acids is 1. The van der Waals surface area contributed by atoms with Crippen LogP contribution < -0.4 is 21.9 Å². The van der Waals surface area contributed by atoms with Gasteiger partial charge in [-0.2, -0.15) is 4.98 Å². The molecule has 1 fully saturated rings. The Balaban J connectivity index is 1.56. The van der Waals surface area contributed by atoms with Gasteiger partial charge in [-0.1, -0.05) is 26.7 Å². The van der Waals surface area contributed by atoms with E-state index >= 15 is 0 Å². The summed E-state index contributed by atoms with van der Waals surface area (Å²) in [5, 5.41) is 7.29. The Morgan fingerprint density at radius 2 is 1.92 bits per heavy atom. The molecule has 1 aliphatic carbocycles. The number of nitrogens with one attached hydrogen (secondary N) is 2. The van der Waals surface area contributed by atoms with Gasteiger partial charge in [0.25, 0.3) is 5.56 Å². The number of aryl methyl sites for hydroxylation is 1. The Labute approximate surface area is 211 Å². The van der Waals surface area contributed by atoms with Crippen LogP contribution in [0.1, 0.15) is 81.3 Å². The zero-order chi connectivity index (χ0) is 25.9. The van der Waals surface area contributed by atoms with Gasteiger partial charge in [0, 0.05) is 24.2 Å². The zero-order valence-corrected chi connectivity index (χ0v) is 21.7. The third-order valence-corrected chi connectivity index (χ3v) is 7.21. The summed E-state index contributed by atoms with van der Waals surface area (Å²) in [6.45, 7) is 9.22. The van der Waals surface area contributed by atoms with E-state index in [0.717, 1.165) is 56.1 Å². The summed E-state index contributed by atoms with van der Waals surface area (Å²) in [4.78, 5) is 39.3. The van der Waals surface area contributed by atoms with Gasteiger partial charge in [-0.25, -0.2) is 9.97 Å². The van der Waals surface area contributed by atoms with Crippen LogP contribution in [-0.4, -0.2) is 38.4 Å². The van der Waals surface area contributed by atoms with Gasteiger partial charge in [0.2, 0.25) is 5.95 Å². The summed E-state index contributed by atoms with van der Waals surface area (Å²) in [7, 11) is 0. The fourth-order valence-electron chi connectivity index (χ4n) is 5.06. The fourth-order valence-corrected chi connectivity index (χ4v) is 5.06. The van der Waals surface area contributed by atoms with Crippen molar-refractivity contribution in [2.24, 2.45) is 11.1 Å². The summed E-state index contributed by atoms with van der Waals surface area (Å²) in [6.07, 6.45) is 9.41. The molecule has 3 aromatic rings. The van der Waals surface area contributed by atoms with Crippen molar-refractivity contribution in [3.05, 3.63) is 46.0 Å². The molecular formula is C27H37N7O2. The lowest BCUT2D eigenvalue weighted by Crippen LogP contribution is -2.30. The first kappa shape index (κ1) is 25.8. The van der Waals surface area contributed by atoms with E-state index in [4.69, 9.17) is 10.7 Å². The topological polar surface area (TPSA) is 128 Å². The van der Waals surface area contributed by atoms with Gasteiger partial charge in [-0.15, -0.1) is 0 Å². The number of hydrogen-bond donors (Lipinski definition) is 3. The van der Waals surface area contributed by atoms with Gasteiger partial charge in [0.1, 0.15) is 11.5 Å². The second-order valence-electron chi connectivity index (χ2n) is 10.5. The van der Waals surface area contributed by atoms with Crippen molar-refractivity contribution in [1.29, 1.82) is 0 Å². The molecule has 4 rings (SSSR count). The number of ketones is 1. The smallest absolute Gasteiger partial charge is 0.263 e. The molecule has 0 amide bonds. The minimum atomic E-state index is -0.257. The first-order valence-electron chi connectivity index (χ1n) is 12.8. The number of aromatic nitrogens is 4. The number of rotatable bonds is 10. The van der Waals surface area contributed by atoms with Crippen LogP contribution in [-0.2, 0) is 0 Å². The number of Topliss-reactive ketones (excluding diaryl/α,β-unsaturated/α-hetero) is 1. The molecule has 0 radical (unpaired) electrons. The summed E-state index contributed by atoms with van der Waals surface area (Å²) >= 11 is 0. The third-order valence-electron chi connectivity index (χ3n) is 7.21. The van der Waals surface area contributed by atoms with Crippen molar-refractivity contribution in [2.45, 2.75) is 72.3 Å². The molecule has 0 aliphatic heterocycles. The molecule has 9 nitrogen and oxygen atoms in total. The summed E-state index contributed by atoms with van der Waals surface area (Å²) in [5.41, 5.74) is 8.01. The zero-order valence-electron chi connectivity index (χ0n) is 21.7. The molecule has 1 saturated carbocycles. The van der Waals surface area contributed by atoms with E-state index in [-0.39, 0.29) is 28.4 Å². The van der Waals surface area contributed by atoms with Crippen molar-refractivity contribution in [2.75, 3.05) is 23.7 Å². The number of nitrogens with zero attached hydrogens (tertiary/aromatic N) is 4. The first-order valence-corrected chi connectivity index (χ1v) is 12.8. The van der Waals surface area contributed by atoms with Crippen molar-refractivity contribution >= 4 is 34.3 Å². The van der Waals surface area contributed by atoms with Crippen LogP contribution in [0.3, 0.4) is 0 Å². The van der Waals surface area contributed by atoms with Crippen molar-refractivity contribution in [1.82, 2.24) is 19.5 Å². The Hall–Kier alpha value is -3.33. The van der Waals surface area contributed by atoms with Crippen LogP contribution in [0, 0.1) is 12.3 Å². The van der Waals surface area contributed by atoms with Gasteiger partial charge in [0.15, 0.2) is 5.78 Å². The Morgan fingerprint density at radius 1 is 1.17 bits per heavy atom. The first-order chi connectivity index (χ1) is 17.2. The maximum absolute atomic E-state index is 13.4. The highest BCUT2D eigenvalue weighted by molar-refractivity contribution is 5.99. The largest absolute Gasteiger partial charge is 0.384 e. The normalized spacial score (nSPS) is 14.4. The molecule has 3 heterocycles. The molecule has 36 heavy (non-hydrogen) atoms. The van der Waals surface area contributed by atoms with Gasteiger partial charge >= 0.3 is 0 Å². The van der Waals surface area contributed by atoms with E-state index in [1.807, 2.05) is 12.1 Å². The molecular weight excluding hydrogens is 454 g/mol. The Morgan fingerprint density at radius 3 is 2.56 bits per heavy atom. The summed E-state index contributed by atoms with van der Waals surface area (Å²) in [6, 6.07) is 3.87. The second kappa shape index (κ2) is 10.7. The molecule has 1 aliphatic rings. The number of nitrogens with two attached hydrogens (primary N) is 1. The third kappa shape index (κ3) is 5.56. The summed E-state index contributed by atoms with van der Waals surface area (Å²) in [5.74, 6) is 0.741. The highest BCUT2D eigenvalue weighted by atomic mass is 16.1. The van der Waals surface area contributed by atoms with Crippen molar-refractivity contribution in [3.8, 4) is 0 Å². The maximum Gasteiger partial charge on any atom is 0.263 e. The van der Waals surface area contributed by atoms with Crippen LogP contribution in [0.25, 0.3) is 11.0 Å². The van der Waals surface area contributed by atoms with Gasteiger partial charge in [-0.05, 0) is 69.2 Å². The predicted molar refractivity (Wildman–Crippen MR) is 144 cm³/mol. The predicted octanol–water partition coefficient (Wildman–Crippen LogP) is 4.73. The maximum atomic E-state index is 13.4. The van der Waals surface area contributed by atoms with E-state index in [9.17, 15) is 9.59 Å². The molecule has 0 unspecified atom stereocenters. The number of anilines is 3. The highest BCUT2D eigenvalue weighted by Gasteiger charge is 2.26. The fraction of sp³-hybridized carbons (Fsp3) is 0.519. The van der Waals surface area contributed by atoms with E-state index in [0.29, 0.717) is 29.5 Å². The molecule has 3 aromatic heterocycles. The van der Waals surface area contributed by atoms with E-state index in [1.165, 1.54) is 6.92 Å². The van der Waals surface area contributed by atoms with Gasteiger partial charge in [0.05, 0.1) is 17.4 Å². The minimum Gasteiger partial charge on any atom is -0.384 e. The van der Waals surface area contributed by atoms with Crippen LogP contribution >= 0.6 is 0 Å². The Bertz CT molecular complexity index is 1290. The van der Waals surface area contributed by atoms with Gasteiger partial charge < -0.3 is 16.4 Å². The monoisotopic (exact) mass is 491 g/mol. The molecule has 0 spiro atoms. The average molecular weight is 492 g/mol. The van der Waals surface area contributed by atoms with Crippen molar-refractivity contribution in [3.63, 3.8) is 0 Å². The molecule has 0 atom stereocenters. The standard InChI is InChI=1S/C27H37N7O2/c1-17-21-16-31-26(32-22-10-9-19(15-30-22)29-14-12-27(3,4)11-13-28)33-24(21)34(20-7-5-6-8-20)25(36)23(17)18(2)35/h9-10,15-16,20,29H,5-8,11-14,28H2,1-4H3,(H,30,31,32,33). The van der Waals surface area contributed by atoms with Crippen LogP contribution in [0.4, 0.5) is 17.5 Å². The van der Waals surface area contributed by atoms with Crippen LogP contribution in [0.2, 0.25) is 0 Å². The number of fused-ring (bicyclic) bond motifs is 1. The van der Waals surface area contributed by atoms with E-state index < -0.39 is 0 Å². The van der Waals surface area contributed by atoms with E-state index in [2.05, 4.69) is 34.4 Å². The molecule has 9 heteroatoms. The molecule has 4 N–H and O–H groups in total. The summed E-state index contributed by atoms with van der Waals surface area (Å²) < 4.78 is 1.71. The van der Waals surface area contributed by atoms with Crippen LogP contribution in [0.5, 0.6) is 0 Å². The lowest BCUT2D eigenvalue weighted by Gasteiger charge is -2.24. The second-order valence-corrected chi connectivity index (χ2v) is 10.5. The number of hydrogen-bond acceptors (Lipinski definition) is 8. The van der Waals surface area contributed by atoms with Crippen molar-refractivity contribution < 1.29 is 4.79 Å². The Kier molecular flexibility index (Phi) is 7.68. The lowest BCUT2D eigenvalue weighted by molar-refractivity contribution is 0.101. The number of pyridine rings is 2. The van der Waals surface area contributed by atoms with Crippen LogP contribution in [0.15, 0.2) is 29.3 Å². The highest BCUT2D eigenvalue weighted by Crippen LogP contribution is 2.32. The SMILES string of the molecule is CC(=O)c1c(C)c2cnc(Nc3ccc(NCCC(C)(C)CCN)cn3)nc2n(C2CCCC2)c1=O. The minimum absolute atomic E-state index is 0.0414.